The lowest BCUT2D eigenvalue weighted by Crippen LogP contribution is -2.61. The van der Waals surface area contributed by atoms with E-state index in [2.05, 4.69) is 63.8 Å². The zero-order valence-corrected chi connectivity index (χ0v) is 69.8. The number of benzene rings is 4. The third-order valence-electron chi connectivity index (χ3n) is 19.7. The minimum atomic E-state index is -1.38. The van der Waals surface area contributed by atoms with Crippen molar-refractivity contribution in [2.75, 3.05) is 26.2 Å². The number of carbonyl (C=O) groups is 13. The number of unbranched alkanes of at least 4 members (excludes halogenated alkanes) is 4. The standard InChI is InChI=1S/C86H133N17O14/c1-53(2)46-66(101-85(115)73(56(7)8)103-84(114)68(48-55(5)6)97-78(108)65(41-25-29-45-90)95-77(107)64(40-24-28-44-89)94-76(106)63(39-23-27-43-88)93-75(105)62(91)38-22-26-42-87)79(109)92-57(9)74(104)96-69(49-58-30-14-10-15-31-58)81(111)98-67(47-54(3)4)80(110)99-70(50-59-32-16-11-17-33-59)82(112)100-71(51-60-34-18-12-19-35-60)83(113)102-72(86(116)117)52-61-36-20-13-21-37-61/h10-21,30-37,53-57,62-73H,22-29,38-52,87-91H2,1-9H3,(H,92,109)(H,93,105)(H,94,106)(H,95,107)(H,96,104)(H,97,108)(H,98,111)(H,99,110)(H,100,112)(H,101,115)(H,102,113)(H,103,114)(H,116,117)/t57-,62-,63-,64-,65-,66-,67-,68-,69-,70-,71-,72-,73-/m0/s1. The molecule has 4 aromatic rings. The van der Waals surface area contributed by atoms with E-state index in [1.165, 1.54) is 6.92 Å². The molecule has 4 rings (SSSR count). The summed E-state index contributed by atoms with van der Waals surface area (Å²) in [6.07, 6.45) is 4.69. The lowest BCUT2D eigenvalue weighted by molar-refractivity contribution is -0.142. The quantitative estimate of drug-likeness (QED) is 0.0282. The van der Waals surface area contributed by atoms with Crippen LogP contribution in [-0.4, -0.2) is 187 Å². The molecule has 4 aromatic carbocycles. The number of hydrogen-bond acceptors (Lipinski definition) is 18. The first-order valence-corrected chi connectivity index (χ1v) is 41.4. The highest BCUT2D eigenvalue weighted by Gasteiger charge is 2.38. The summed E-state index contributed by atoms with van der Waals surface area (Å²) < 4.78 is 0. The molecule has 31 heteroatoms. The maximum Gasteiger partial charge on any atom is 0.326 e. The summed E-state index contributed by atoms with van der Waals surface area (Å²) in [4.78, 5) is 186. The van der Waals surface area contributed by atoms with E-state index in [1.807, 2.05) is 41.5 Å². The summed E-state index contributed by atoms with van der Waals surface area (Å²) in [7, 11) is 0. The van der Waals surface area contributed by atoms with Crippen molar-refractivity contribution in [1.29, 1.82) is 0 Å². The van der Waals surface area contributed by atoms with Gasteiger partial charge in [0.15, 0.2) is 0 Å². The van der Waals surface area contributed by atoms with Crippen LogP contribution in [0, 0.1) is 23.7 Å². The van der Waals surface area contributed by atoms with Crippen molar-refractivity contribution >= 4 is 76.9 Å². The van der Waals surface area contributed by atoms with Crippen molar-refractivity contribution in [2.24, 2.45) is 52.3 Å². The summed E-state index contributed by atoms with van der Waals surface area (Å²) in [6, 6.07) is 18.6. The van der Waals surface area contributed by atoms with E-state index >= 15 is 0 Å². The Labute approximate surface area is 689 Å². The Morgan fingerprint density at radius 3 is 0.821 bits per heavy atom. The van der Waals surface area contributed by atoms with Crippen LogP contribution in [-0.2, 0) is 88.0 Å². The summed E-state index contributed by atoms with van der Waals surface area (Å²) in [5, 5.41) is 43.6. The number of carboxylic acids is 1. The molecule has 0 saturated carbocycles. The molecule has 0 aliphatic carbocycles. The van der Waals surface area contributed by atoms with E-state index in [-0.39, 0.29) is 88.5 Å². The Morgan fingerprint density at radius 1 is 0.274 bits per heavy atom. The average molecular weight is 1630 g/mol. The van der Waals surface area contributed by atoms with Crippen molar-refractivity contribution in [3.8, 4) is 0 Å². The maximum atomic E-state index is 14.9. The third-order valence-corrected chi connectivity index (χ3v) is 19.7. The fraction of sp³-hybridized carbons (Fsp3) is 0.570. The van der Waals surface area contributed by atoms with E-state index in [0.29, 0.717) is 99.7 Å². The van der Waals surface area contributed by atoms with Crippen LogP contribution in [0.4, 0.5) is 0 Å². The summed E-state index contributed by atoms with van der Waals surface area (Å²) in [5.41, 5.74) is 31.9. The molecule has 12 amide bonds. The van der Waals surface area contributed by atoms with Gasteiger partial charge in [-0.3, -0.25) is 57.5 Å². The Kier molecular flexibility index (Phi) is 45.7. The highest BCUT2D eigenvalue weighted by Crippen LogP contribution is 2.18. The third kappa shape index (κ3) is 37.7. The van der Waals surface area contributed by atoms with Gasteiger partial charge < -0.3 is 97.6 Å². The molecule has 0 bridgehead atoms. The Hall–Kier alpha value is -10.2. The van der Waals surface area contributed by atoms with E-state index in [0.717, 1.165) is 0 Å². The minimum Gasteiger partial charge on any atom is -0.480 e. The largest absolute Gasteiger partial charge is 0.480 e. The number of carbonyl (C=O) groups excluding carboxylic acids is 12. The molecule has 117 heavy (non-hydrogen) atoms. The fourth-order valence-corrected chi connectivity index (χ4v) is 13.2. The lowest BCUT2D eigenvalue weighted by Gasteiger charge is -2.30. The van der Waals surface area contributed by atoms with Crippen LogP contribution in [0.15, 0.2) is 121 Å². The number of amides is 12. The number of nitrogens with two attached hydrogens (primary N) is 5. The van der Waals surface area contributed by atoms with Gasteiger partial charge in [0.25, 0.3) is 0 Å². The highest BCUT2D eigenvalue weighted by molar-refractivity contribution is 6.00. The Balaban J connectivity index is 1.57. The normalized spacial score (nSPS) is 14.7. The molecule has 646 valence electrons. The van der Waals surface area contributed by atoms with Crippen LogP contribution >= 0.6 is 0 Å². The van der Waals surface area contributed by atoms with Gasteiger partial charge in [-0.25, -0.2) is 4.79 Å². The van der Waals surface area contributed by atoms with Crippen LogP contribution in [0.5, 0.6) is 0 Å². The van der Waals surface area contributed by atoms with Gasteiger partial charge in [0.1, 0.15) is 72.5 Å². The summed E-state index contributed by atoms with van der Waals surface area (Å²) in [6.45, 7) is 17.0. The van der Waals surface area contributed by atoms with E-state index in [4.69, 9.17) is 28.7 Å². The summed E-state index contributed by atoms with van der Waals surface area (Å²) in [5.74, 6) is -11.4. The van der Waals surface area contributed by atoms with Gasteiger partial charge in [0, 0.05) is 25.7 Å². The Morgan fingerprint density at radius 2 is 0.513 bits per heavy atom. The van der Waals surface area contributed by atoms with Gasteiger partial charge in [-0.2, -0.15) is 0 Å². The van der Waals surface area contributed by atoms with Crippen molar-refractivity contribution in [2.45, 2.75) is 263 Å². The van der Waals surface area contributed by atoms with Gasteiger partial charge in [-0.15, -0.1) is 0 Å². The van der Waals surface area contributed by atoms with Gasteiger partial charge in [0.2, 0.25) is 70.9 Å². The molecule has 0 heterocycles. The topological polar surface area (TPSA) is 517 Å². The van der Waals surface area contributed by atoms with Crippen molar-refractivity contribution in [1.82, 2.24) is 63.8 Å². The zero-order chi connectivity index (χ0) is 86.5. The van der Waals surface area contributed by atoms with Gasteiger partial charge in [0.05, 0.1) is 6.04 Å². The van der Waals surface area contributed by atoms with Crippen LogP contribution in [0.2, 0.25) is 0 Å². The lowest BCUT2D eigenvalue weighted by atomic mass is 9.98. The van der Waals surface area contributed by atoms with Crippen LogP contribution < -0.4 is 92.5 Å². The Bertz CT molecular complexity index is 3730. The molecule has 0 spiro atoms. The molecule has 0 radical (unpaired) electrons. The second kappa shape index (κ2) is 53.9. The molecular formula is C86H133N17O14. The molecular weight excluding hydrogens is 1500 g/mol. The maximum absolute atomic E-state index is 14.9. The summed E-state index contributed by atoms with van der Waals surface area (Å²) >= 11 is 0. The molecule has 0 unspecified atom stereocenters. The molecule has 23 N–H and O–H groups in total. The number of aliphatic carboxylic acids is 1. The number of carboxylic acid groups (broad SMARTS) is 1. The van der Waals surface area contributed by atoms with Crippen molar-refractivity contribution in [3.63, 3.8) is 0 Å². The number of hydrogen-bond donors (Lipinski definition) is 18. The van der Waals surface area contributed by atoms with Crippen LogP contribution in [0.1, 0.15) is 181 Å². The predicted octanol–water partition coefficient (Wildman–Crippen LogP) is 2.52. The second-order valence-corrected chi connectivity index (χ2v) is 31.8. The monoisotopic (exact) mass is 1630 g/mol. The molecule has 13 atom stereocenters. The van der Waals surface area contributed by atoms with Crippen LogP contribution in [0.25, 0.3) is 0 Å². The van der Waals surface area contributed by atoms with E-state index in [9.17, 15) is 67.4 Å². The first kappa shape index (κ1) is 99.2. The zero-order valence-electron chi connectivity index (χ0n) is 69.8. The fourth-order valence-electron chi connectivity index (χ4n) is 13.2. The van der Waals surface area contributed by atoms with Crippen molar-refractivity contribution in [3.05, 3.63) is 144 Å². The molecule has 31 nitrogen and oxygen atoms in total. The molecule has 0 fully saturated rings. The van der Waals surface area contributed by atoms with Gasteiger partial charge in [-0.1, -0.05) is 183 Å². The van der Waals surface area contributed by atoms with E-state index in [1.54, 1.807) is 135 Å². The van der Waals surface area contributed by atoms with Crippen molar-refractivity contribution < 1.29 is 67.4 Å². The van der Waals surface area contributed by atoms with Gasteiger partial charge >= 0.3 is 5.97 Å². The number of rotatable bonds is 56. The first-order valence-electron chi connectivity index (χ1n) is 41.4. The van der Waals surface area contributed by atoms with E-state index < -0.39 is 161 Å². The average Bonchev–Trinajstić information content (AvgIpc) is 0.849. The second-order valence-electron chi connectivity index (χ2n) is 31.8. The molecule has 0 saturated heterocycles. The van der Waals surface area contributed by atoms with Crippen LogP contribution in [0.3, 0.4) is 0 Å². The first-order chi connectivity index (χ1) is 55.8. The van der Waals surface area contributed by atoms with Gasteiger partial charge in [-0.05, 0) is 169 Å². The smallest absolute Gasteiger partial charge is 0.326 e. The molecule has 0 aliphatic heterocycles. The minimum absolute atomic E-state index is 0.0446. The predicted molar refractivity (Wildman–Crippen MR) is 450 cm³/mol. The molecule has 0 aromatic heterocycles. The number of nitrogens with one attached hydrogen (secondary N) is 12. The molecule has 0 aliphatic rings. The SMILES string of the molecule is CC(C)C[C@H](NC(=O)[C@H](Cc1ccccc1)NC(=O)[C@H](C)NC(=O)[C@H](CC(C)C)NC(=O)[C@@H](NC(=O)[C@H](CC(C)C)NC(=O)[C@H](CCCCN)NC(=O)[C@H](CCCCN)NC(=O)[C@H](CCCCN)NC(=O)[C@@H](N)CCCCN)C(C)C)C(=O)N[C@@H](Cc1ccccc1)C(=O)N[C@@H](Cc1ccccc1)C(=O)N[C@@H](Cc1ccccc1)C(=O)O. The highest BCUT2D eigenvalue weighted by atomic mass is 16.4.